The molecule has 27 heavy (non-hydrogen) atoms. The van der Waals surface area contributed by atoms with Gasteiger partial charge in [0, 0.05) is 12.1 Å². The topological polar surface area (TPSA) is 35.2 Å². The maximum atomic E-state index is 7.07. The normalized spacial score (nSPS) is 25.4. The van der Waals surface area contributed by atoms with Crippen LogP contribution in [0.1, 0.15) is 56.6 Å². The first kappa shape index (κ1) is 20.1. The average molecular weight is 366 g/mol. The highest BCUT2D eigenvalue weighted by atomic mass is 16.5. The minimum atomic E-state index is -0.152. The average Bonchev–Trinajstić information content (AvgIpc) is 2.69. The zero-order valence-electron chi connectivity index (χ0n) is 16.8. The third-order valence-corrected chi connectivity index (χ3v) is 6.09. The second kappa shape index (κ2) is 10.1. The van der Waals surface area contributed by atoms with Gasteiger partial charge in [-0.25, -0.2) is 0 Å². The van der Waals surface area contributed by atoms with Crippen LogP contribution in [-0.2, 0) is 17.6 Å². The van der Waals surface area contributed by atoms with E-state index in [2.05, 4.69) is 67.6 Å². The molecule has 3 atom stereocenters. The van der Waals surface area contributed by atoms with Gasteiger partial charge in [0.15, 0.2) is 0 Å². The number of benzene rings is 2. The number of rotatable bonds is 9. The summed E-state index contributed by atoms with van der Waals surface area (Å²) < 4.78 is 6.24. The third-order valence-electron chi connectivity index (χ3n) is 6.09. The fourth-order valence-electron chi connectivity index (χ4n) is 4.45. The number of nitrogens with two attached hydrogens (primary N) is 1. The maximum absolute atomic E-state index is 7.07. The minimum Gasteiger partial charge on any atom is -0.378 e. The van der Waals surface area contributed by atoms with E-state index in [-0.39, 0.29) is 5.54 Å². The molecule has 0 amide bonds. The van der Waals surface area contributed by atoms with E-state index < -0.39 is 0 Å². The Morgan fingerprint density at radius 3 is 2.30 bits per heavy atom. The van der Waals surface area contributed by atoms with Crippen LogP contribution in [0.15, 0.2) is 60.7 Å². The van der Waals surface area contributed by atoms with Gasteiger partial charge in [-0.1, -0.05) is 80.4 Å². The van der Waals surface area contributed by atoms with E-state index in [9.17, 15) is 0 Å². The molecule has 146 valence electrons. The van der Waals surface area contributed by atoms with Gasteiger partial charge < -0.3 is 10.5 Å². The van der Waals surface area contributed by atoms with E-state index in [4.69, 9.17) is 10.5 Å². The Balaban J connectivity index is 1.69. The van der Waals surface area contributed by atoms with E-state index >= 15 is 0 Å². The number of hydrogen-bond acceptors (Lipinski definition) is 2. The van der Waals surface area contributed by atoms with Crippen LogP contribution in [0.25, 0.3) is 0 Å². The van der Waals surface area contributed by atoms with Crippen LogP contribution in [0.3, 0.4) is 0 Å². The molecule has 1 aliphatic rings. The lowest BCUT2D eigenvalue weighted by Crippen LogP contribution is -2.54. The first-order valence-corrected chi connectivity index (χ1v) is 10.7. The first-order valence-electron chi connectivity index (χ1n) is 10.7. The van der Waals surface area contributed by atoms with Crippen LogP contribution in [0.2, 0.25) is 0 Å². The van der Waals surface area contributed by atoms with Crippen molar-refractivity contribution in [2.75, 3.05) is 6.61 Å². The Bertz CT molecular complexity index is 657. The van der Waals surface area contributed by atoms with Gasteiger partial charge in [-0.2, -0.15) is 0 Å². The molecular formula is C25H35NO. The van der Waals surface area contributed by atoms with Crippen molar-refractivity contribution in [1.82, 2.24) is 0 Å². The molecule has 0 spiro atoms. The predicted molar refractivity (Wildman–Crippen MR) is 114 cm³/mol. The molecule has 0 aliphatic heterocycles. The summed E-state index contributed by atoms with van der Waals surface area (Å²) in [4.78, 5) is 0. The van der Waals surface area contributed by atoms with Crippen molar-refractivity contribution in [2.45, 2.75) is 69.9 Å². The van der Waals surface area contributed by atoms with Crippen molar-refractivity contribution in [3.8, 4) is 0 Å². The van der Waals surface area contributed by atoms with Crippen LogP contribution in [-0.4, -0.2) is 18.2 Å². The van der Waals surface area contributed by atoms with Gasteiger partial charge in [0.05, 0.1) is 6.10 Å². The smallest absolute Gasteiger partial charge is 0.0579 e. The molecule has 2 heteroatoms. The molecule has 0 radical (unpaired) electrons. The SMILES string of the molecule is CCCCCOC1CCC(N)(Cc2ccccc2)C(Cc2ccccc2)C1. The van der Waals surface area contributed by atoms with Gasteiger partial charge in [0.25, 0.3) is 0 Å². The monoisotopic (exact) mass is 365 g/mol. The van der Waals surface area contributed by atoms with Crippen LogP contribution in [0.4, 0.5) is 0 Å². The molecule has 0 heterocycles. The molecule has 2 nitrogen and oxygen atoms in total. The summed E-state index contributed by atoms with van der Waals surface area (Å²) in [7, 11) is 0. The lowest BCUT2D eigenvalue weighted by Gasteiger charge is -2.44. The second-order valence-corrected chi connectivity index (χ2v) is 8.26. The van der Waals surface area contributed by atoms with Crippen molar-refractivity contribution in [3.63, 3.8) is 0 Å². The highest BCUT2D eigenvalue weighted by molar-refractivity contribution is 5.21. The minimum absolute atomic E-state index is 0.152. The quantitative estimate of drug-likeness (QED) is 0.592. The second-order valence-electron chi connectivity index (χ2n) is 8.26. The number of ether oxygens (including phenoxy) is 1. The molecule has 2 aromatic carbocycles. The Labute approximate surface area is 165 Å². The van der Waals surface area contributed by atoms with Gasteiger partial charge in [0.1, 0.15) is 0 Å². The van der Waals surface area contributed by atoms with Crippen LogP contribution in [0, 0.1) is 5.92 Å². The first-order chi connectivity index (χ1) is 13.2. The van der Waals surface area contributed by atoms with E-state index in [0.29, 0.717) is 12.0 Å². The molecular weight excluding hydrogens is 330 g/mol. The fraction of sp³-hybridized carbons (Fsp3) is 0.520. The van der Waals surface area contributed by atoms with Crippen LogP contribution < -0.4 is 5.73 Å². The summed E-state index contributed by atoms with van der Waals surface area (Å²) in [5.74, 6) is 0.449. The zero-order chi connectivity index (χ0) is 19.0. The number of hydrogen-bond donors (Lipinski definition) is 1. The van der Waals surface area contributed by atoms with Crippen LogP contribution in [0.5, 0.6) is 0 Å². The van der Waals surface area contributed by atoms with Gasteiger partial charge in [-0.05, 0) is 55.6 Å². The fourth-order valence-corrected chi connectivity index (χ4v) is 4.45. The van der Waals surface area contributed by atoms with E-state index in [1.165, 1.54) is 30.4 Å². The third kappa shape index (κ3) is 5.92. The van der Waals surface area contributed by atoms with Crippen molar-refractivity contribution in [2.24, 2.45) is 11.7 Å². The van der Waals surface area contributed by atoms with Crippen molar-refractivity contribution < 1.29 is 4.74 Å². The van der Waals surface area contributed by atoms with Gasteiger partial charge in [-0.15, -0.1) is 0 Å². The molecule has 1 saturated carbocycles. The van der Waals surface area contributed by atoms with Crippen LogP contribution >= 0.6 is 0 Å². The molecule has 2 aromatic rings. The molecule has 1 aliphatic carbocycles. The van der Waals surface area contributed by atoms with Gasteiger partial charge in [0.2, 0.25) is 0 Å². The zero-order valence-corrected chi connectivity index (χ0v) is 16.8. The van der Waals surface area contributed by atoms with Crippen molar-refractivity contribution in [1.29, 1.82) is 0 Å². The molecule has 1 fully saturated rings. The Morgan fingerprint density at radius 2 is 1.63 bits per heavy atom. The molecule has 2 N–H and O–H groups in total. The highest BCUT2D eigenvalue weighted by Gasteiger charge is 2.40. The molecule has 3 unspecified atom stereocenters. The summed E-state index contributed by atoms with van der Waals surface area (Å²) in [5.41, 5.74) is 9.65. The maximum Gasteiger partial charge on any atom is 0.0579 e. The molecule has 0 bridgehead atoms. The summed E-state index contributed by atoms with van der Waals surface area (Å²) in [6, 6.07) is 21.5. The lowest BCUT2D eigenvalue weighted by molar-refractivity contribution is -0.0123. The Morgan fingerprint density at radius 1 is 0.963 bits per heavy atom. The van der Waals surface area contributed by atoms with E-state index in [0.717, 1.165) is 38.7 Å². The largest absolute Gasteiger partial charge is 0.378 e. The van der Waals surface area contributed by atoms with Gasteiger partial charge >= 0.3 is 0 Å². The van der Waals surface area contributed by atoms with E-state index in [1.54, 1.807) is 0 Å². The summed E-state index contributed by atoms with van der Waals surface area (Å²) in [6.07, 6.45) is 9.23. The van der Waals surface area contributed by atoms with E-state index in [1.807, 2.05) is 0 Å². The highest BCUT2D eigenvalue weighted by Crippen LogP contribution is 2.38. The molecule has 0 aromatic heterocycles. The van der Waals surface area contributed by atoms with Crippen molar-refractivity contribution in [3.05, 3.63) is 71.8 Å². The Hall–Kier alpha value is -1.64. The molecule has 0 saturated heterocycles. The standard InChI is InChI=1S/C25H35NO/c1-2-3-10-17-27-24-15-16-25(26,20-22-13-8-5-9-14-22)23(19-24)18-21-11-6-4-7-12-21/h4-9,11-14,23-24H,2-3,10,15-20,26H2,1H3. The number of unbranched alkanes of at least 4 members (excludes halogenated alkanes) is 2. The summed E-state index contributed by atoms with van der Waals surface area (Å²) in [5, 5.41) is 0. The predicted octanol–water partition coefficient (Wildman–Crippen LogP) is 5.54. The summed E-state index contributed by atoms with van der Waals surface area (Å²) >= 11 is 0. The lowest BCUT2D eigenvalue weighted by atomic mass is 9.67. The molecule has 3 rings (SSSR count). The van der Waals surface area contributed by atoms with Gasteiger partial charge in [-0.3, -0.25) is 0 Å². The Kier molecular flexibility index (Phi) is 7.49. The summed E-state index contributed by atoms with van der Waals surface area (Å²) in [6.45, 7) is 3.13. The van der Waals surface area contributed by atoms with Crippen molar-refractivity contribution >= 4 is 0 Å².